The van der Waals surface area contributed by atoms with E-state index in [-0.39, 0.29) is 10.8 Å². The molecule has 0 amide bonds. The maximum Gasteiger partial charge on any atom is 0.160 e. The highest BCUT2D eigenvalue weighted by Gasteiger charge is 2.46. The van der Waals surface area contributed by atoms with Crippen LogP contribution in [0, 0.1) is 0 Å². The van der Waals surface area contributed by atoms with Gasteiger partial charge in [-0.25, -0.2) is 9.97 Å². The molecule has 13 rings (SSSR count). The summed E-state index contributed by atoms with van der Waals surface area (Å²) in [5.41, 5.74) is 23.0. The molecule has 0 atom stereocenters. The van der Waals surface area contributed by atoms with Crippen LogP contribution in [-0.4, -0.2) is 9.97 Å². The fourth-order valence-corrected chi connectivity index (χ4v) is 11.8. The minimum Gasteiger partial charge on any atom is -0.455 e. The molecular weight excluding hydrogens is 777 g/mol. The van der Waals surface area contributed by atoms with E-state index in [4.69, 9.17) is 14.4 Å². The van der Waals surface area contributed by atoms with Gasteiger partial charge in [0.15, 0.2) is 5.82 Å². The van der Waals surface area contributed by atoms with E-state index in [0.717, 1.165) is 68.7 Å². The molecule has 0 radical (unpaired) electrons. The number of allylic oxidation sites excluding steroid dienone is 4. The van der Waals surface area contributed by atoms with Gasteiger partial charge in [-0.15, -0.1) is 0 Å². The number of furan rings is 1. The van der Waals surface area contributed by atoms with Gasteiger partial charge in [0, 0.05) is 38.3 Å². The highest BCUT2D eigenvalue weighted by atomic mass is 16.3. The summed E-state index contributed by atoms with van der Waals surface area (Å²) >= 11 is 0. The van der Waals surface area contributed by atoms with E-state index in [9.17, 15) is 0 Å². The normalized spacial score (nSPS) is 16.4. The summed E-state index contributed by atoms with van der Waals surface area (Å²) in [6.07, 6.45) is 15.1. The van der Waals surface area contributed by atoms with Crippen LogP contribution < -0.4 is 0 Å². The topological polar surface area (TPSA) is 38.9 Å². The van der Waals surface area contributed by atoms with Crippen LogP contribution in [0.4, 0.5) is 0 Å². The zero-order valence-electron chi connectivity index (χ0n) is 36.4. The summed E-state index contributed by atoms with van der Waals surface area (Å²) in [6, 6.07) is 56.1. The zero-order chi connectivity index (χ0) is 42.6. The van der Waals surface area contributed by atoms with Crippen LogP contribution in [0.1, 0.15) is 86.9 Å². The fraction of sp³-hybridized carbons (Fsp3) is 0.180. The van der Waals surface area contributed by atoms with Crippen LogP contribution in [0.15, 0.2) is 174 Å². The van der Waals surface area contributed by atoms with Crippen molar-refractivity contribution in [2.45, 2.75) is 69.6 Å². The largest absolute Gasteiger partial charge is 0.455 e. The van der Waals surface area contributed by atoms with Gasteiger partial charge in [0.1, 0.15) is 11.2 Å². The number of fused-ring (bicyclic) bond motifs is 11. The van der Waals surface area contributed by atoms with E-state index in [1.165, 1.54) is 87.7 Å². The lowest BCUT2D eigenvalue weighted by Crippen LogP contribution is -2.28. The molecule has 308 valence electrons. The number of benzene rings is 7. The van der Waals surface area contributed by atoms with Crippen molar-refractivity contribution >= 4 is 27.5 Å². The smallest absolute Gasteiger partial charge is 0.160 e. The first-order chi connectivity index (χ1) is 31.4. The van der Waals surface area contributed by atoms with Crippen LogP contribution in [0.25, 0.3) is 94.5 Å². The van der Waals surface area contributed by atoms with E-state index >= 15 is 0 Å². The average molecular weight is 825 g/mol. The van der Waals surface area contributed by atoms with Crippen molar-refractivity contribution in [3.8, 4) is 67.0 Å². The summed E-state index contributed by atoms with van der Waals surface area (Å²) in [4.78, 5) is 10.4. The molecule has 1 fully saturated rings. The van der Waals surface area contributed by atoms with E-state index < -0.39 is 0 Å². The summed E-state index contributed by atoms with van der Waals surface area (Å²) < 4.78 is 6.80. The number of nitrogens with zero attached hydrogens (tertiary/aromatic N) is 2. The second kappa shape index (κ2) is 14.2. The van der Waals surface area contributed by atoms with Crippen molar-refractivity contribution in [3.63, 3.8) is 0 Å². The molecule has 3 heteroatoms. The lowest BCUT2D eigenvalue weighted by molar-refractivity contribution is 0.353. The molecule has 1 saturated carbocycles. The van der Waals surface area contributed by atoms with Gasteiger partial charge in [-0.3, -0.25) is 0 Å². The molecule has 1 spiro atoms. The Balaban J connectivity index is 0.888. The molecule has 0 bridgehead atoms. The van der Waals surface area contributed by atoms with Crippen molar-refractivity contribution in [2.75, 3.05) is 0 Å². The van der Waals surface area contributed by atoms with Crippen LogP contribution >= 0.6 is 0 Å². The Morgan fingerprint density at radius 3 is 1.98 bits per heavy atom. The lowest BCUT2D eigenvalue weighted by atomic mass is 9.67. The molecule has 0 N–H and O–H groups in total. The molecular formula is C61H48N2O. The summed E-state index contributed by atoms with van der Waals surface area (Å²) in [5.74, 6) is 0.732. The minimum atomic E-state index is -0.128. The van der Waals surface area contributed by atoms with E-state index in [0.29, 0.717) is 0 Å². The van der Waals surface area contributed by atoms with Crippen molar-refractivity contribution in [2.24, 2.45) is 0 Å². The average Bonchev–Trinajstić information content (AvgIpc) is 3.94. The predicted octanol–water partition coefficient (Wildman–Crippen LogP) is 16.3. The monoisotopic (exact) mass is 824 g/mol. The second-order valence-corrected chi connectivity index (χ2v) is 19.1. The van der Waals surface area contributed by atoms with Crippen molar-refractivity contribution < 1.29 is 4.42 Å². The standard InChI is InChI=1S/C61H48N2O/c1-60(2)52-34-43(27-29-45(52)48-36-54-49(35-53(48)60)44-19-10-11-22-51(44)61(54)31-12-5-13-32-61)42-28-30-57-50(33-42)46-20-14-21-47(58(46)64-57)56-37-55(62-59(63-56)41-17-8-4-9-18-41)40-25-23-39(24-26-40)38-15-6-3-7-16-38/h3,6-8,10-11,14-30,33-37H,4-5,9,12-13,31-32H2,1-2H3. The van der Waals surface area contributed by atoms with Gasteiger partial charge in [0.05, 0.1) is 11.4 Å². The zero-order valence-corrected chi connectivity index (χ0v) is 36.4. The Kier molecular flexibility index (Phi) is 8.31. The van der Waals surface area contributed by atoms with Crippen LogP contribution in [0.3, 0.4) is 0 Å². The Morgan fingerprint density at radius 2 is 1.14 bits per heavy atom. The lowest BCUT2D eigenvalue weighted by Gasteiger charge is -2.36. The third-order valence-electron chi connectivity index (χ3n) is 15.1. The highest BCUT2D eigenvalue weighted by Crippen LogP contribution is 2.60. The van der Waals surface area contributed by atoms with Gasteiger partial charge >= 0.3 is 0 Å². The summed E-state index contributed by atoms with van der Waals surface area (Å²) in [5, 5.41) is 2.19. The third kappa shape index (κ3) is 5.66. The molecule has 2 aromatic heterocycles. The minimum absolute atomic E-state index is 0.128. The summed E-state index contributed by atoms with van der Waals surface area (Å²) in [7, 11) is 0. The molecule has 7 aromatic carbocycles. The van der Waals surface area contributed by atoms with Gasteiger partial charge < -0.3 is 4.42 Å². The number of rotatable bonds is 5. The van der Waals surface area contributed by atoms with E-state index in [1.54, 1.807) is 11.1 Å². The number of hydrogen-bond acceptors (Lipinski definition) is 3. The van der Waals surface area contributed by atoms with Gasteiger partial charge in [-0.05, 0) is 135 Å². The predicted molar refractivity (Wildman–Crippen MR) is 264 cm³/mol. The molecule has 0 aliphatic heterocycles. The number of hydrogen-bond donors (Lipinski definition) is 0. The quantitative estimate of drug-likeness (QED) is 0.174. The molecule has 0 saturated heterocycles. The Labute approximate surface area is 374 Å². The Morgan fingerprint density at radius 1 is 0.469 bits per heavy atom. The van der Waals surface area contributed by atoms with Gasteiger partial charge in [-0.1, -0.05) is 161 Å². The fourth-order valence-electron chi connectivity index (χ4n) is 11.8. The number of para-hydroxylation sites is 1. The van der Waals surface area contributed by atoms with Crippen LogP contribution in [0.2, 0.25) is 0 Å². The molecule has 0 unspecified atom stereocenters. The highest BCUT2D eigenvalue weighted by molar-refractivity contribution is 6.10. The molecule has 4 aliphatic carbocycles. The van der Waals surface area contributed by atoms with Crippen LogP contribution in [-0.2, 0) is 10.8 Å². The SMILES string of the molecule is CC1(C)c2cc(-c3ccc4oc5c(-c6cc(-c7ccc(-c8ccccc8)cc7)nc(C7=CCCC=C7)n6)cccc5c4c3)ccc2-c2cc3c(cc21)-c1ccccc1C31CCCCC1. The van der Waals surface area contributed by atoms with Crippen molar-refractivity contribution in [1.29, 1.82) is 0 Å². The number of aromatic nitrogens is 2. The summed E-state index contributed by atoms with van der Waals surface area (Å²) in [6.45, 7) is 4.84. The van der Waals surface area contributed by atoms with Gasteiger partial charge in [0.25, 0.3) is 0 Å². The molecule has 64 heavy (non-hydrogen) atoms. The molecule has 3 nitrogen and oxygen atoms in total. The molecule has 9 aromatic rings. The first-order valence-electron chi connectivity index (χ1n) is 23.2. The first-order valence-corrected chi connectivity index (χ1v) is 23.2. The first kappa shape index (κ1) is 37.5. The molecule has 2 heterocycles. The van der Waals surface area contributed by atoms with Gasteiger partial charge in [0.2, 0.25) is 0 Å². The maximum atomic E-state index is 6.80. The van der Waals surface area contributed by atoms with E-state index in [2.05, 4.69) is 184 Å². The van der Waals surface area contributed by atoms with Crippen molar-refractivity contribution in [1.82, 2.24) is 9.97 Å². The second-order valence-electron chi connectivity index (χ2n) is 19.1. The van der Waals surface area contributed by atoms with E-state index in [1.807, 2.05) is 0 Å². The van der Waals surface area contributed by atoms with Gasteiger partial charge in [-0.2, -0.15) is 0 Å². The van der Waals surface area contributed by atoms with Crippen LogP contribution in [0.5, 0.6) is 0 Å². The Hall–Kier alpha value is -7.10. The Bertz CT molecular complexity index is 3430. The third-order valence-corrected chi connectivity index (χ3v) is 15.1. The molecule has 4 aliphatic rings. The maximum absolute atomic E-state index is 6.80. The van der Waals surface area contributed by atoms with Crippen molar-refractivity contribution in [3.05, 3.63) is 198 Å².